The first-order valence-corrected chi connectivity index (χ1v) is 6.79. The first-order chi connectivity index (χ1) is 8.36. The summed E-state index contributed by atoms with van der Waals surface area (Å²) in [5.74, 6) is 0.0316. The van der Waals surface area contributed by atoms with Crippen molar-refractivity contribution in [1.82, 2.24) is 0 Å². The molecule has 1 aromatic rings. The minimum absolute atomic E-state index is 0.0683. The second-order valence-corrected chi connectivity index (χ2v) is 5.89. The Morgan fingerprint density at radius 2 is 1.83 bits per heavy atom. The van der Waals surface area contributed by atoms with Crippen molar-refractivity contribution in [2.45, 2.75) is 37.8 Å². The van der Waals surface area contributed by atoms with Crippen molar-refractivity contribution >= 4 is 17.7 Å². The summed E-state index contributed by atoms with van der Waals surface area (Å²) < 4.78 is 5.33. The van der Waals surface area contributed by atoms with Crippen LogP contribution in [0.4, 0.5) is 0 Å². The second-order valence-electron chi connectivity index (χ2n) is 4.71. The van der Waals surface area contributed by atoms with E-state index >= 15 is 0 Å². The van der Waals surface area contributed by atoms with Gasteiger partial charge in [-0.3, -0.25) is 4.79 Å². The number of rotatable bonds is 5. The molecule has 0 bridgehead atoms. The fourth-order valence-electron chi connectivity index (χ4n) is 1.62. The van der Waals surface area contributed by atoms with E-state index in [0.717, 1.165) is 21.8 Å². The van der Waals surface area contributed by atoms with Crippen LogP contribution < -0.4 is 4.74 Å². The lowest BCUT2D eigenvalue weighted by Gasteiger charge is -2.18. The minimum atomic E-state index is -0.782. The number of carboxylic acid groups (broad SMARTS) is 1. The van der Waals surface area contributed by atoms with Crippen LogP contribution in [-0.2, 0) is 4.79 Å². The molecule has 1 N–H and O–H groups in total. The van der Waals surface area contributed by atoms with E-state index in [4.69, 9.17) is 4.74 Å². The molecule has 3 nitrogen and oxygen atoms in total. The molecule has 0 fully saturated rings. The Bertz CT molecular complexity index is 441. The van der Waals surface area contributed by atoms with E-state index in [0.29, 0.717) is 0 Å². The van der Waals surface area contributed by atoms with Gasteiger partial charge in [0, 0.05) is 0 Å². The first kappa shape index (κ1) is 14.9. The number of benzene rings is 1. The smallest absolute Gasteiger partial charge is 0.317 e. The number of methoxy groups -OCH3 is 1. The average Bonchev–Trinajstić information content (AvgIpc) is 2.28. The highest BCUT2D eigenvalue weighted by atomic mass is 32.2. The van der Waals surface area contributed by atoms with Crippen LogP contribution >= 0.6 is 11.8 Å². The molecule has 1 unspecified atom stereocenters. The molecule has 4 heteroatoms. The van der Waals surface area contributed by atoms with Crippen molar-refractivity contribution in [1.29, 1.82) is 0 Å². The molecule has 0 amide bonds. The molecule has 0 saturated heterocycles. The molecule has 0 radical (unpaired) electrons. The molecule has 0 saturated carbocycles. The van der Waals surface area contributed by atoms with Crippen LogP contribution in [0, 0.1) is 19.8 Å². The van der Waals surface area contributed by atoms with Gasteiger partial charge in [0.1, 0.15) is 11.0 Å². The number of carboxylic acids is 1. The van der Waals surface area contributed by atoms with Crippen LogP contribution in [0.1, 0.15) is 25.0 Å². The van der Waals surface area contributed by atoms with Gasteiger partial charge in [-0.05, 0) is 43.0 Å². The van der Waals surface area contributed by atoms with E-state index in [-0.39, 0.29) is 5.92 Å². The van der Waals surface area contributed by atoms with E-state index in [1.54, 1.807) is 7.11 Å². The number of aliphatic carboxylic acids is 1. The number of ether oxygens (including phenoxy) is 1. The third-order valence-corrected chi connectivity index (χ3v) is 4.46. The molecule has 18 heavy (non-hydrogen) atoms. The summed E-state index contributed by atoms with van der Waals surface area (Å²) >= 11 is 1.35. The van der Waals surface area contributed by atoms with Gasteiger partial charge in [-0.15, -0.1) is 11.8 Å². The first-order valence-electron chi connectivity index (χ1n) is 5.91. The number of hydrogen-bond donors (Lipinski definition) is 1. The SMILES string of the molecule is COc1cc(C)c(C)cc1SC(C(=O)O)C(C)C. The maximum absolute atomic E-state index is 11.2. The van der Waals surface area contributed by atoms with Gasteiger partial charge in [0.2, 0.25) is 0 Å². The highest BCUT2D eigenvalue weighted by Crippen LogP contribution is 2.36. The molecule has 1 rings (SSSR count). The Balaban J connectivity index is 3.09. The van der Waals surface area contributed by atoms with Crippen molar-refractivity contribution in [3.8, 4) is 5.75 Å². The van der Waals surface area contributed by atoms with Gasteiger partial charge in [0.05, 0.1) is 12.0 Å². The number of aryl methyl sites for hydroxylation is 2. The van der Waals surface area contributed by atoms with Crippen molar-refractivity contribution in [2.75, 3.05) is 7.11 Å². The predicted molar refractivity (Wildman–Crippen MR) is 74.6 cm³/mol. The molecular formula is C14H20O3S. The average molecular weight is 268 g/mol. The molecule has 0 aromatic heterocycles. The van der Waals surface area contributed by atoms with E-state index in [1.165, 1.54) is 11.8 Å². The van der Waals surface area contributed by atoms with E-state index in [2.05, 4.69) is 0 Å². The van der Waals surface area contributed by atoms with Gasteiger partial charge in [-0.25, -0.2) is 0 Å². The van der Waals surface area contributed by atoms with Crippen molar-refractivity contribution in [2.24, 2.45) is 5.92 Å². The van der Waals surface area contributed by atoms with Crippen LogP contribution in [-0.4, -0.2) is 23.4 Å². The number of thioether (sulfide) groups is 1. The van der Waals surface area contributed by atoms with E-state index in [1.807, 2.05) is 39.8 Å². The number of carbonyl (C=O) groups is 1. The van der Waals surface area contributed by atoms with Crippen LogP contribution in [0.15, 0.2) is 17.0 Å². The lowest BCUT2D eigenvalue weighted by atomic mass is 10.1. The zero-order valence-corrected chi connectivity index (χ0v) is 12.3. The maximum Gasteiger partial charge on any atom is 0.317 e. The molecular weight excluding hydrogens is 248 g/mol. The molecule has 1 atom stereocenters. The fraction of sp³-hybridized carbons (Fsp3) is 0.500. The summed E-state index contributed by atoms with van der Waals surface area (Å²) in [6, 6.07) is 3.95. The van der Waals surface area contributed by atoms with Crippen LogP contribution in [0.2, 0.25) is 0 Å². The summed E-state index contributed by atoms with van der Waals surface area (Å²) in [5.41, 5.74) is 2.29. The third kappa shape index (κ3) is 3.42. The van der Waals surface area contributed by atoms with Gasteiger partial charge >= 0.3 is 5.97 Å². The van der Waals surface area contributed by atoms with Crippen LogP contribution in [0.25, 0.3) is 0 Å². The zero-order valence-electron chi connectivity index (χ0n) is 11.5. The van der Waals surface area contributed by atoms with E-state index < -0.39 is 11.2 Å². The van der Waals surface area contributed by atoms with Gasteiger partial charge in [-0.2, -0.15) is 0 Å². The van der Waals surface area contributed by atoms with E-state index in [9.17, 15) is 9.90 Å². The lowest BCUT2D eigenvalue weighted by Crippen LogP contribution is -2.22. The summed E-state index contributed by atoms with van der Waals surface area (Å²) in [5, 5.41) is 8.77. The normalized spacial score (nSPS) is 12.6. The molecule has 0 aliphatic rings. The Morgan fingerprint density at radius 1 is 1.28 bits per heavy atom. The Morgan fingerprint density at radius 3 is 2.28 bits per heavy atom. The Hall–Kier alpha value is -1.16. The topological polar surface area (TPSA) is 46.5 Å². The minimum Gasteiger partial charge on any atom is -0.496 e. The van der Waals surface area contributed by atoms with Crippen LogP contribution in [0.3, 0.4) is 0 Å². The molecule has 0 aliphatic heterocycles. The Kier molecular flexibility index (Phi) is 5.08. The second kappa shape index (κ2) is 6.14. The Labute approximate surface area is 113 Å². The van der Waals surface area contributed by atoms with Crippen molar-refractivity contribution in [3.05, 3.63) is 23.3 Å². The third-order valence-electron chi connectivity index (χ3n) is 2.88. The summed E-state index contributed by atoms with van der Waals surface area (Å²) in [4.78, 5) is 12.1. The quantitative estimate of drug-likeness (QED) is 0.830. The summed E-state index contributed by atoms with van der Waals surface area (Å²) in [6.45, 7) is 7.87. The lowest BCUT2D eigenvalue weighted by molar-refractivity contribution is -0.137. The largest absolute Gasteiger partial charge is 0.496 e. The standard InChI is InChI=1S/C14H20O3S/c1-8(2)13(14(15)16)18-12-7-10(4)9(3)6-11(12)17-5/h6-8,13H,1-5H3,(H,15,16). The molecule has 0 spiro atoms. The van der Waals surface area contributed by atoms with Crippen molar-refractivity contribution < 1.29 is 14.6 Å². The molecule has 1 aromatic carbocycles. The van der Waals surface area contributed by atoms with Crippen LogP contribution in [0.5, 0.6) is 5.75 Å². The molecule has 100 valence electrons. The number of hydrogen-bond acceptors (Lipinski definition) is 3. The van der Waals surface area contributed by atoms with Gasteiger partial charge in [0.25, 0.3) is 0 Å². The predicted octanol–water partition coefficient (Wildman–Crippen LogP) is 3.51. The van der Waals surface area contributed by atoms with Gasteiger partial charge in [-0.1, -0.05) is 13.8 Å². The van der Waals surface area contributed by atoms with Crippen molar-refractivity contribution in [3.63, 3.8) is 0 Å². The molecule has 0 heterocycles. The van der Waals surface area contributed by atoms with Gasteiger partial charge in [0.15, 0.2) is 0 Å². The highest BCUT2D eigenvalue weighted by Gasteiger charge is 2.24. The summed E-state index contributed by atoms with van der Waals surface area (Å²) in [6.07, 6.45) is 0. The fourth-order valence-corrected chi connectivity index (χ4v) is 2.77. The van der Waals surface area contributed by atoms with Gasteiger partial charge < -0.3 is 9.84 Å². The highest BCUT2D eigenvalue weighted by molar-refractivity contribution is 8.00. The maximum atomic E-state index is 11.2. The zero-order chi connectivity index (χ0) is 13.9. The summed E-state index contributed by atoms with van der Waals surface area (Å²) in [7, 11) is 1.61. The molecule has 0 aliphatic carbocycles. The monoisotopic (exact) mass is 268 g/mol.